The molecule has 6 rings (SSSR count). The zero-order chi connectivity index (χ0) is 36.5. The number of sulfonamides is 1. The third-order valence-electron chi connectivity index (χ3n) is 8.71. The summed E-state index contributed by atoms with van der Waals surface area (Å²) in [5.41, 5.74) is 1.42. The molecule has 0 radical (unpaired) electrons. The fourth-order valence-corrected chi connectivity index (χ4v) is 10.1. The summed E-state index contributed by atoms with van der Waals surface area (Å²) >= 11 is 6.03. The minimum absolute atomic E-state index is 0.00507. The number of benzene rings is 3. The number of carbonyl (C=O) groups is 2. The van der Waals surface area contributed by atoms with E-state index < -0.39 is 27.7 Å². The van der Waals surface area contributed by atoms with Gasteiger partial charge in [-0.3, -0.25) is 9.10 Å². The second kappa shape index (κ2) is 15.0. The lowest BCUT2D eigenvalue weighted by molar-refractivity contribution is -0.137. The minimum atomic E-state index is -4.49. The number of nitrogens with zero attached hydrogens (tertiary/aromatic N) is 3. The van der Waals surface area contributed by atoms with Crippen LogP contribution in [0, 0.1) is 6.92 Å². The van der Waals surface area contributed by atoms with Crippen LogP contribution in [0.3, 0.4) is 0 Å². The number of ether oxygens (including phenoxy) is 1. The maximum absolute atomic E-state index is 14.7. The maximum Gasteiger partial charge on any atom is 0.416 e. The number of hydrogen-bond donors (Lipinski definition) is 0. The Balaban J connectivity index is 1.34. The SMILES string of the molecule is CCOC(=O)c1sc2ccc(S(=O)(=O)N(CCc3ccc(C(F)(F)F)cc3)c3ccccc3N3CCN(C(=O)c4sccc4Br)CC3)cc2c1C. The molecule has 0 spiro atoms. The van der Waals surface area contributed by atoms with E-state index in [1.54, 1.807) is 43.0 Å². The van der Waals surface area contributed by atoms with Crippen molar-refractivity contribution >= 4 is 82.0 Å². The van der Waals surface area contributed by atoms with E-state index in [1.807, 2.05) is 28.5 Å². The Morgan fingerprint density at radius 2 is 1.67 bits per heavy atom. The summed E-state index contributed by atoms with van der Waals surface area (Å²) in [6.45, 7) is 5.36. The quantitative estimate of drug-likeness (QED) is 0.131. The Hall–Kier alpha value is -3.92. The summed E-state index contributed by atoms with van der Waals surface area (Å²) in [5.74, 6) is -0.548. The van der Waals surface area contributed by atoms with E-state index in [9.17, 15) is 31.2 Å². The molecule has 3 heterocycles. The van der Waals surface area contributed by atoms with Gasteiger partial charge in [0, 0.05) is 41.9 Å². The second-order valence-corrected chi connectivity index (χ2v) is 16.5. The predicted octanol–water partition coefficient (Wildman–Crippen LogP) is 8.63. The van der Waals surface area contributed by atoms with Gasteiger partial charge < -0.3 is 14.5 Å². The normalized spacial score (nSPS) is 13.8. The van der Waals surface area contributed by atoms with Crippen LogP contribution in [-0.2, 0) is 27.4 Å². The fourth-order valence-electron chi connectivity index (χ4n) is 6.02. The highest BCUT2D eigenvalue weighted by Crippen LogP contribution is 2.38. The summed E-state index contributed by atoms with van der Waals surface area (Å²) in [7, 11) is -4.26. The molecule has 1 aliphatic rings. The first-order chi connectivity index (χ1) is 24.3. The van der Waals surface area contributed by atoms with Crippen LogP contribution in [-0.4, -0.2) is 64.5 Å². The van der Waals surface area contributed by atoms with Crippen LogP contribution >= 0.6 is 38.6 Å². The number of anilines is 2. The van der Waals surface area contributed by atoms with Crippen molar-refractivity contribution in [1.29, 1.82) is 0 Å². The van der Waals surface area contributed by atoms with Gasteiger partial charge in [-0.1, -0.05) is 24.3 Å². The number of fused-ring (bicyclic) bond motifs is 1. The van der Waals surface area contributed by atoms with Crippen LogP contribution < -0.4 is 9.21 Å². The summed E-state index contributed by atoms with van der Waals surface area (Å²) < 4.78 is 77.1. The molecule has 1 amide bonds. The van der Waals surface area contributed by atoms with E-state index in [0.717, 1.165) is 21.3 Å². The van der Waals surface area contributed by atoms with Crippen molar-refractivity contribution < 1.29 is 35.9 Å². The van der Waals surface area contributed by atoms with Gasteiger partial charge in [-0.25, -0.2) is 13.2 Å². The van der Waals surface area contributed by atoms with Gasteiger partial charge in [-0.15, -0.1) is 22.7 Å². The Kier molecular flexibility index (Phi) is 10.8. The lowest BCUT2D eigenvalue weighted by Crippen LogP contribution is -2.49. The summed E-state index contributed by atoms with van der Waals surface area (Å²) in [4.78, 5) is 30.6. The lowest BCUT2D eigenvalue weighted by Gasteiger charge is -2.38. The van der Waals surface area contributed by atoms with Crippen molar-refractivity contribution in [3.63, 3.8) is 0 Å². The molecular weight excluding hydrogens is 788 g/mol. The monoisotopic (exact) mass is 819 g/mol. The number of thiophene rings is 2. The molecule has 1 fully saturated rings. The van der Waals surface area contributed by atoms with Crippen molar-refractivity contribution in [3.05, 3.63) is 109 Å². The van der Waals surface area contributed by atoms with Gasteiger partial charge in [0.25, 0.3) is 15.9 Å². The third kappa shape index (κ3) is 7.66. The predicted molar refractivity (Wildman–Crippen MR) is 199 cm³/mol. The molecular formula is C36H33BrF3N3O5S3. The number of halogens is 4. The molecule has 0 bridgehead atoms. The average molecular weight is 821 g/mol. The smallest absolute Gasteiger partial charge is 0.416 e. The van der Waals surface area contributed by atoms with Crippen molar-refractivity contribution in [2.75, 3.05) is 48.5 Å². The third-order valence-corrected chi connectivity index (χ3v) is 13.6. The van der Waals surface area contributed by atoms with E-state index in [-0.39, 0.29) is 30.4 Å². The Morgan fingerprint density at radius 1 is 0.961 bits per heavy atom. The van der Waals surface area contributed by atoms with Crippen LogP contribution in [0.2, 0.25) is 0 Å². The van der Waals surface area contributed by atoms with Gasteiger partial charge in [0.1, 0.15) is 9.75 Å². The number of aryl methyl sites for hydroxylation is 1. The highest BCUT2D eigenvalue weighted by molar-refractivity contribution is 9.10. The van der Waals surface area contributed by atoms with Gasteiger partial charge in [0.2, 0.25) is 0 Å². The molecule has 15 heteroatoms. The first-order valence-electron chi connectivity index (χ1n) is 16.0. The summed E-state index contributed by atoms with van der Waals surface area (Å²) in [6, 6.07) is 18.4. The van der Waals surface area contributed by atoms with E-state index in [4.69, 9.17) is 4.74 Å². The number of esters is 1. The van der Waals surface area contributed by atoms with Gasteiger partial charge in [-0.05, 0) is 107 Å². The molecule has 3 aromatic carbocycles. The number of hydrogen-bond acceptors (Lipinski definition) is 8. The molecule has 5 aromatic rings. The highest BCUT2D eigenvalue weighted by Gasteiger charge is 2.32. The molecule has 8 nitrogen and oxygen atoms in total. The maximum atomic E-state index is 14.7. The van der Waals surface area contributed by atoms with Gasteiger partial charge in [0.05, 0.1) is 28.4 Å². The molecule has 1 saturated heterocycles. The van der Waals surface area contributed by atoms with E-state index in [2.05, 4.69) is 15.9 Å². The highest BCUT2D eigenvalue weighted by atomic mass is 79.9. The van der Waals surface area contributed by atoms with Gasteiger partial charge in [-0.2, -0.15) is 13.2 Å². The van der Waals surface area contributed by atoms with Gasteiger partial charge >= 0.3 is 12.1 Å². The standard InChI is InChI=1S/C36H33BrF3N3O5S3/c1-3-48-35(45)32-23(2)27-22-26(12-13-31(27)50-32)51(46,47)43(16-14-24-8-10-25(11-9-24)36(38,39)40)30-7-5-4-6-29(30)41-17-19-42(20-18-41)34(44)33-28(37)15-21-49-33/h4-13,15,21-22H,3,14,16-20H2,1-2H3. The number of para-hydroxylation sites is 2. The number of amides is 1. The molecule has 0 unspecified atom stereocenters. The number of rotatable bonds is 10. The van der Waals surface area contributed by atoms with Crippen molar-refractivity contribution in [2.24, 2.45) is 0 Å². The van der Waals surface area contributed by atoms with Crippen LogP contribution in [0.15, 0.2) is 87.5 Å². The van der Waals surface area contributed by atoms with Crippen LogP contribution in [0.5, 0.6) is 0 Å². The Labute approximate surface area is 310 Å². The summed E-state index contributed by atoms with van der Waals surface area (Å²) in [6.07, 6.45) is -4.36. The second-order valence-electron chi connectivity index (χ2n) is 11.8. The summed E-state index contributed by atoms with van der Waals surface area (Å²) in [5, 5.41) is 2.46. The molecule has 268 valence electrons. The molecule has 0 aliphatic carbocycles. The van der Waals surface area contributed by atoms with E-state index in [1.165, 1.54) is 45.2 Å². The molecule has 0 atom stereocenters. The minimum Gasteiger partial charge on any atom is -0.462 e. The first kappa shape index (κ1) is 36.9. The molecule has 0 N–H and O–H groups in total. The largest absolute Gasteiger partial charge is 0.462 e. The fraction of sp³-hybridized carbons (Fsp3) is 0.278. The first-order valence-corrected chi connectivity index (χ1v) is 20.0. The van der Waals surface area contributed by atoms with Crippen LogP contribution in [0.1, 0.15) is 43.0 Å². The molecule has 51 heavy (non-hydrogen) atoms. The van der Waals surface area contributed by atoms with Crippen molar-refractivity contribution in [3.8, 4) is 0 Å². The van der Waals surface area contributed by atoms with Crippen molar-refractivity contribution in [1.82, 2.24) is 4.90 Å². The van der Waals surface area contributed by atoms with E-state index in [0.29, 0.717) is 63.8 Å². The van der Waals surface area contributed by atoms with Crippen LogP contribution in [0.25, 0.3) is 10.1 Å². The topological polar surface area (TPSA) is 87.2 Å². The zero-order valence-corrected chi connectivity index (χ0v) is 31.6. The number of piperazine rings is 1. The molecule has 2 aromatic heterocycles. The van der Waals surface area contributed by atoms with Crippen LogP contribution in [0.4, 0.5) is 24.5 Å². The van der Waals surface area contributed by atoms with Gasteiger partial charge in [0.15, 0.2) is 0 Å². The zero-order valence-electron chi connectivity index (χ0n) is 27.6. The van der Waals surface area contributed by atoms with E-state index >= 15 is 0 Å². The average Bonchev–Trinajstić information content (AvgIpc) is 3.70. The number of alkyl halides is 3. The lowest BCUT2D eigenvalue weighted by atomic mass is 10.1. The Bertz CT molecular complexity index is 2180. The number of carbonyl (C=O) groups excluding carboxylic acids is 2. The Morgan fingerprint density at radius 3 is 2.31 bits per heavy atom. The molecule has 1 aliphatic heterocycles. The molecule has 0 saturated carbocycles. The van der Waals surface area contributed by atoms with Crippen molar-refractivity contribution in [2.45, 2.75) is 31.3 Å².